The Labute approximate surface area is 259 Å². The molecule has 2 atom stereocenters. The fourth-order valence-electron chi connectivity index (χ4n) is 5.92. The molecule has 0 saturated carbocycles. The number of amides is 1. The number of rotatable bonds is 13. The summed E-state index contributed by atoms with van der Waals surface area (Å²) in [4.78, 5) is 26.4. The van der Waals surface area contributed by atoms with Crippen LogP contribution in [0.1, 0.15) is 79.9 Å². The van der Waals surface area contributed by atoms with Crippen molar-refractivity contribution in [1.82, 2.24) is 4.90 Å². The van der Waals surface area contributed by atoms with Gasteiger partial charge in [-0.05, 0) is 97.5 Å². The molecule has 4 rings (SSSR count). The highest BCUT2D eigenvalue weighted by molar-refractivity contribution is 6.74. The molecule has 0 bridgehead atoms. The van der Waals surface area contributed by atoms with Crippen molar-refractivity contribution < 1.29 is 19.1 Å². The fourth-order valence-corrected chi connectivity index (χ4v) is 7.31. The van der Waals surface area contributed by atoms with Gasteiger partial charge in [0.05, 0.1) is 5.56 Å². The van der Waals surface area contributed by atoms with Gasteiger partial charge in [0.15, 0.2) is 8.32 Å². The number of carboxylic acids is 1. The molecule has 1 saturated heterocycles. The lowest BCUT2D eigenvalue weighted by Gasteiger charge is -2.40. The Balaban J connectivity index is 1.42. The summed E-state index contributed by atoms with van der Waals surface area (Å²) in [6, 6.07) is 25.1. The van der Waals surface area contributed by atoms with Gasteiger partial charge in [0.2, 0.25) is 5.91 Å². The predicted octanol–water partition coefficient (Wildman–Crippen LogP) is 8.70. The molecule has 6 heteroatoms. The lowest BCUT2D eigenvalue weighted by Crippen LogP contribution is -2.45. The fraction of sp³-hybridized carbons (Fsp3) is 0.459. The van der Waals surface area contributed by atoms with E-state index in [-0.39, 0.29) is 23.1 Å². The van der Waals surface area contributed by atoms with Crippen LogP contribution in [-0.4, -0.2) is 48.9 Å². The Morgan fingerprint density at radius 3 is 2.40 bits per heavy atom. The van der Waals surface area contributed by atoms with Crippen molar-refractivity contribution in [2.45, 2.75) is 103 Å². The zero-order valence-electron chi connectivity index (χ0n) is 26.9. The van der Waals surface area contributed by atoms with Gasteiger partial charge in [-0.25, -0.2) is 4.79 Å². The average Bonchev–Trinajstić information content (AvgIpc) is 3.30. The maximum Gasteiger partial charge on any atom is 0.335 e. The smallest absolute Gasteiger partial charge is 0.335 e. The highest BCUT2D eigenvalue weighted by Gasteiger charge is 2.39. The number of hydrogen-bond acceptors (Lipinski definition) is 3. The quantitative estimate of drug-likeness (QED) is 0.200. The van der Waals surface area contributed by atoms with Crippen LogP contribution >= 0.6 is 0 Å². The number of nitrogens with zero attached hydrogens (tertiary/aromatic N) is 1. The third-order valence-electron chi connectivity index (χ3n) is 9.43. The molecular formula is C37H49NO4Si. The number of benzene rings is 3. The van der Waals surface area contributed by atoms with Gasteiger partial charge in [-0.2, -0.15) is 0 Å². The summed E-state index contributed by atoms with van der Waals surface area (Å²) in [5.74, 6) is -0.644. The van der Waals surface area contributed by atoms with Gasteiger partial charge in [0.25, 0.3) is 0 Å². The summed E-state index contributed by atoms with van der Waals surface area (Å²) in [7, 11) is -2.00. The standard InChI is InChI=1S/C37H49NO4Si/c1-27-24-28(17-21-34(27)36(40)41)13-11-23-38-32(19-22-35(38)39)18-20-33(42-43(5,6)37(2,3)4)26-29-12-10-16-31(25-29)30-14-8-7-9-15-30/h7-10,12,14-17,21,24-25,32-33H,11,13,18-20,22-23,26H2,1-6H3,(H,40,41). The van der Waals surface area contributed by atoms with Crippen LogP contribution in [0.3, 0.4) is 0 Å². The van der Waals surface area contributed by atoms with Crippen LogP contribution in [-0.2, 0) is 22.1 Å². The molecule has 0 aliphatic carbocycles. The van der Waals surface area contributed by atoms with Crippen molar-refractivity contribution in [3.05, 3.63) is 95.1 Å². The van der Waals surface area contributed by atoms with E-state index in [9.17, 15) is 14.7 Å². The Morgan fingerprint density at radius 2 is 1.72 bits per heavy atom. The first-order chi connectivity index (χ1) is 20.3. The van der Waals surface area contributed by atoms with E-state index in [1.807, 2.05) is 25.1 Å². The molecule has 2 unspecified atom stereocenters. The highest BCUT2D eigenvalue weighted by Crippen LogP contribution is 2.38. The van der Waals surface area contributed by atoms with Crippen LogP contribution < -0.4 is 0 Å². The van der Waals surface area contributed by atoms with E-state index >= 15 is 0 Å². The van der Waals surface area contributed by atoms with Crippen LogP contribution in [0, 0.1) is 6.92 Å². The van der Waals surface area contributed by atoms with Gasteiger partial charge < -0.3 is 14.4 Å². The summed E-state index contributed by atoms with van der Waals surface area (Å²) < 4.78 is 7.04. The molecule has 0 spiro atoms. The lowest BCUT2D eigenvalue weighted by atomic mass is 9.97. The number of hydrogen-bond donors (Lipinski definition) is 1. The maximum atomic E-state index is 12.9. The monoisotopic (exact) mass is 599 g/mol. The molecule has 0 aromatic heterocycles. The average molecular weight is 600 g/mol. The topological polar surface area (TPSA) is 66.8 Å². The summed E-state index contributed by atoms with van der Waals surface area (Å²) in [5.41, 5.74) is 5.98. The zero-order valence-corrected chi connectivity index (χ0v) is 27.9. The van der Waals surface area contributed by atoms with Crippen LogP contribution in [0.5, 0.6) is 0 Å². The van der Waals surface area contributed by atoms with Gasteiger partial charge in [0.1, 0.15) is 0 Å². The molecule has 1 aliphatic rings. The van der Waals surface area contributed by atoms with Crippen molar-refractivity contribution in [3.8, 4) is 11.1 Å². The Hall–Kier alpha value is -3.22. The highest BCUT2D eigenvalue weighted by atomic mass is 28.4. The molecule has 5 nitrogen and oxygen atoms in total. The van der Waals surface area contributed by atoms with E-state index in [4.69, 9.17) is 4.43 Å². The molecule has 43 heavy (non-hydrogen) atoms. The molecular weight excluding hydrogens is 550 g/mol. The Bertz CT molecular complexity index is 1400. The van der Waals surface area contributed by atoms with Gasteiger partial charge in [-0.3, -0.25) is 4.79 Å². The Kier molecular flexibility index (Phi) is 10.7. The number of carbonyl (C=O) groups is 2. The molecule has 1 amide bonds. The van der Waals surface area contributed by atoms with Gasteiger partial charge in [0, 0.05) is 25.1 Å². The SMILES string of the molecule is Cc1cc(CCCN2C(=O)CCC2CCC(Cc2cccc(-c3ccccc3)c2)O[Si](C)(C)C(C)(C)C)ccc1C(=O)O. The summed E-state index contributed by atoms with van der Waals surface area (Å²) in [6.45, 7) is 14.1. The van der Waals surface area contributed by atoms with E-state index in [1.165, 1.54) is 16.7 Å². The number of aromatic carboxylic acids is 1. The largest absolute Gasteiger partial charge is 0.478 e. The first kappa shape index (κ1) is 32.7. The molecule has 0 radical (unpaired) electrons. The van der Waals surface area contributed by atoms with Crippen molar-refractivity contribution in [2.24, 2.45) is 0 Å². The third-order valence-corrected chi connectivity index (χ3v) is 14.0. The molecule has 3 aromatic carbocycles. The number of carboxylic acid groups (broad SMARTS) is 1. The minimum absolute atomic E-state index is 0.0974. The molecule has 230 valence electrons. The second kappa shape index (κ2) is 14.0. The molecule has 3 aromatic rings. The van der Waals surface area contributed by atoms with Crippen molar-refractivity contribution in [3.63, 3.8) is 0 Å². The second-order valence-electron chi connectivity index (χ2n) is 13.7. The van der Waals surface area contributed by atoms with Crippen LogP contribution in [0.2, 0.25) is 18.1 Å². The summed E-state index contributed by atoms with van der Waals surface area (Å²) in [5, 5.41) is 9.44. The van der Waals surface area contributed by atoms with Gasteiger partial charge in [-0.15, -0.1) is 0 Å². The normalized spacial score (nSPS) is 16.5. The first-order valence-corrected chi connectivity index (χ1v) is 18.7. The van der Waals surface area contributed by atoms with Crippen molar-refractivity contribution in [2.75, 3.05) is 6.54 Å². The number of aryl methyl sites for hydroxylation is 2. The van der Waals surface area contributed by atoms with E-state index < -0.39 is 14.3 Å². The number of carbonyl (C=O) groups excluding carboxylic acids is 1. The molecule has 1 heterocycles. The van der Waals surface area contributed by atoms with E-state index in [1.54, 1.807) is 6.07 Å². The minimum atomic E-state index is -2.00. The van der Waals surface area contributed by atoms with Crippen LogP contribution in [0.15, 0.2) is 72.8 Å². The number of likely N-dealkylation sites (tertiary alicyclic amines) is 1. The van der Waals surface area contributed by atoms with E-state index in [2.05, 4.69) is 87.3 Å². The van der Waals surface area contributed by atoms with E-state index in [0.29, 0.717) is 12.0 Å². The molecule has 1 fully saturated rings. The predicted molar refractivity (Wildman–Crippen MR) is 178 cm³/mol. The van der Waals surface area contributed by atoms with Crippen LogP contribution in [0.25, 0.3) is 11.1 Å². The second-order valence-corrected chi connectivity index (χ2v) is 18.4. The van der Waals surface area contributed by atoms with Gasteiger partial charge >= 0.3 is 5.97 Å². The first-order valence-electron chi connectivity index (χ1n) is 15.8. The molecule has 1 aliphatic heterocycles. The molecule has 1 N–H and O–H groups in total. The third kappa shape index (κ3) is 8.67. The van der Waals surface area contributed by atoms with Crippen LogP contribution in [0.4, 0.5) is 0 Å². The Morgan fingerprint density at radius 1 is 1.00 bits per heavy atom. The minimum Gasteiger partial charge on any atom is -0.478 e. The zero-order chi connectivity index (χ0) is 31.2. The van der Waals surface area contributed by atoms with Crippen molar-refractivity contribution in [1.29, 1.82) is 0 Å². The van der Waals surface area contributed by atoms with Crippen molar-refractivity contribution >= 4 is 20.2 Å². The lowest BCUT2D eigenvalue weighted by molar-refractivity contribution is -0.129. The summed E-state index contributed by atoms with van der Waals surface area (Å²) >= 11 is 0. The summed E-state index contributed by atoms with van der Waals surface area (Å²) in [6.07, 6.45) is 6.03. The maximum absolute atomic E-state index is 12.9. The van der Waals surface area contributed by atoms with E-state index in [0.717, 1.165) is 56.2 Å². The van der Waals surface area contributed by atoms with Gasteiger partial charge in [-0.1, -0.05) is 87.5 Å².